The first kappa shape index (κ1) is 13.1. The molecule has 5 heteroatoms. The van der Waals surface area contributed by atoms with Crippen LogP contribution in [0.25, 0.3) is 0 Å². The molecule has 102 valence electrons. The molecule has 0 aromatic heterocycles. The third kappa shape index (κ3) is 2.41. The fourth-order valence-electron chi connectivity index (χ4n) is 2.45. The number of carbonyl (C=O) groups excluding carboxylic acids is 1. The quantitative estimate of drug-likeness (QED) is 0.848. The Hall–Kier alpha value is -1.88. The summed E-state index contributed by atoms with van der Waals surface area (Å²) in [6.07, 6.45) is 0. The number of fused-ring (bicyclic) bond motifs is 1. The van der Waals surface area contributed by atoms with Crippen molar-refractivity contribution in [2.45, 2.75) is 6.04 Å². The van der Waals surface area contributed by atoms with Crippen LogP contribution in [0.2, 0.25) is 5.02 Å². The molecule has 1 aliphatic heterocycles. The van der Waals surface area contributed by atoms with Gasteiger partial charge in [0.2, 0.25) is 5.91 Å². The van der Waals surface area contributed by atoms with Gasteiger partial charge in [0, 0.05) is 16.3 Å². The maximum Gasteiger partial charge on any atom is 0.241 e. The second-order valence-corrected chi connectivity index (χ2v) is 5.13. The summed E-state index contributed by atoms with van der Waals surface area (Å²) in [7, 11) is 0. The highest BCUT2D eigenvalue weighted by molar-refractivity contribution is 6.30. The van der Waals surface area contributed by atoms with E-state index in [4.69, 9.17) is 11.6 Å². The molecule has 0 aliphatic carbocycles. The Morgan fingerprint density at radius 3 is 2.70 bits per heavy atom. The molecule has 2 aromatic rings. The van der Waals surface area contributed by atoms with Gasteiger partial charge in [0.1, 0.15) is 6.54 Å². The van der Waals surface area contributed by atoms with Crippen molar-refractivity contribution in [3.8, 4) is 0 Å². The molecule has 1 amide bonds. The second kappa shape index (κ2) is 5.25. The van der Waals surface area contributed by atoms with Crippen molar-refractivity contribution in [2.24, 2.45) is 0 Å². The first-order valence-corrected chi connectivity index (χ1v) is 6.63. The monoisotopic (exact) mass is 288 g/mol. The molecule has 3 rings (SSSR count). The molecule has 1 atom stereocenters. The first-order valence-electron chi connectivity index (χ1n) is 6.25. The third-order valence-corrected chi connectivity index (χ3v) is 3.54. The van der Waals surface area contributed by atoms with E-state index in [1.54, 1.807) is 18.2 Å². The van der Waals surface area contributed by atoms with Crippen LogP contribution in [0.5, 0.6) is 0 Å². The Bertz CT molecular complexity index is 646. The van der Waals surface area contributed by atoms with Crippen molar-refractivity contribution in [2.75, 3.05) is 11.9 Å². The van der Waals surface area contributed by atoms with E-state index in [0.717, 1.165) is 16.2 Å². The van der Waals surface area contributed by atoms with Crippen LogP contribution in [-0.4, -0.2) is 22.7 Å². The van der Waals surface area contributed by atoms with Crippen LogP contribution in [-0.2, 0) is 4.79 Å². The summed E-state index contributed by atoms with van der Waals surface area (Å²) in [5, 5.41) is 14.6. The van der Waals surface area contributed by atoms with Gasteiger partial charge in [-0.2, -0.15) is 5.06 Å². The predicted octanol–water partition coefficient (Wildman–Crippen LogP) is 3.07. The molecular weight excluding hydrogens is 276 g/mol. The smallest absolute Gasteiger partial charge is 0.241 e. The minimum absolute atomic E-state index is 0.0914. The molecule has 1 unspecified atom stereocenters. The molecule has 4 nitrogen and oxygen atoms in total. The highest BCUT2D eigenvalue weighted by atomic mass is 35.5. The van der Waals surface area contributed by atoms with Gasteiger partial charge in [-0.05, 0) is 23.8 Å². The Labute approximate surface area is 121 Å². The molecule has 2 N–H and O–H groups in total. The van der Waals surface area contributed by atoms with Crippen molar-refractivity contribution in [3.05, 3.63) is 64.7 Å². The molecule has 0 saturated carbocycles. The Morgan fingerprint density at radius 1 is 1.20 bits per heavy atom. The molecule has 1 heterocycles. The van der Waals surface area contributed by atoms with Crippen LogP contribution in [0, 0.1) is 0 Å². The maximum absolute atomic E-state index is 11.8. The van der Waals surface area contributed by atoms with E-state index in [2.05, 4.69) is 5.32 Å². The summed E-state index contributed by atoms with van der Waals surface area (Å²) in [4.78, 5) is 11.8. The molecule has 0 fully saturated rings. The summed E-state index contributed by atoms with van der Waals surface area (Å²) >= 11 is 6.05. The lowest BCUT2D eigenvalue weighted by Crippen LogP contribution is -2.30. The number of carbonyl (C=O) groups is 1. The van der Waals surface area contributed by atoms with Crippen molar-refractivity contribution in [1.82, 2.24) is 5.06 Å². The summed E-state index contributed by atoms with van der Waals surface area (Å²) in [5.74, 6) is -0.255. The summed E-state index contributed by atoms with van der Waals surface area (Å²) < 4.78 is 0. The van der Waals surface area contributed by atoms with Crippen LogP contribution in [0.15, 0.2) is 48.5 Å². The first-order chi connectivity index (χ1) is 9.65. The topological polar surface area (TPSA) is 52.6 Å². The molecule has 0 bridgehead atoms. The van der Waals surface area contributed by atoms with Crippen molar-refractivity contribution >= 4 is 23.2 Å². The normalized spacial score (nSPS) is 19.1. The number of benzene rings is 2. The van der Waals surface area contributed by atoms with Gasteiger partial charge in [-0.15, -0.1) is 0 Å². The Kier molecular flexibility index (Phi) is 3.44. The van der Waals surface area contributed by atoms with Gasteiger partial charge in [-0.25, -0.2) is 0 Å². The fraction of sp³-hybridized carbons (Fsp3) is 0.133. The van der Waals surface area contributed by atoms with Crippen molar-refractivity contribution < 1.29 is 10.0 Å². The average molecular weight is 289 g/mol. The average Bonchev–Trinajstić information content (AvgIpc) is 2.54. The lowest BCUT2D eigenvalue weighted by atomic mass is 9.97. The number of rotatable bonds is 1. The van der Waals surface area contributed by atoms with Crippen LogP contribution < -0.4 is 5.32 Å². The van der Waals surface area contributed by atoms with Gasteiger partial charge in [-0.1, -0.05) is 41.9 Å². The second-order valence-electron chi connectivity index (χ2n) is 4.69. The van der Waals surface area contributed by atoms with E-state index in [1.807, 2.05) is 30.3 Å². The number of hydrogen-bond donors (Lipinski definition) is 2. The lowest BCUT2D eigenvalue weighted by Gasteiger charge is -2.24. The number of hydrogen-bond acceptors (Lipinski definition) is 3. The van der Waals surface area contributed by atoms with E-state index >= 15 is 0 Å². The van der Waals surface area contributed by atoms with Crippen LogP contribution in [0.3, 0.4) is 0 Å². The SMILES string of the molecule is O=C1CN(O)C(c2ccccc2)c2cc(Cl)ccc2N1. The van der Waals surface area contributed by atoms with Crippen LogP contribution >= 0.6 is 11.6 Å². The molecule has 1 aliphatic rings. The van der Waals surface area contributed by atoms with E-state index in [1.165, 1.54) is 0 Å². The minimum Gasteiger partial charge on any atom is -0.325 e. The van der Waals surface area contributed by atoms with Gasteiger partial charge in [-0.3, -0.25) is 4.79 Å². The highest BCUT2D eigenvalue weighted by Crippen LogP contribution is 2.36. The summed E-state index contributed by atoms with van der Waals surface area (Å²) in [6, 6.07) is 14.3. The number of halogens is 1. The molecular formula is C15H13ClN2O2. The zero-order valence-corrected chi connectivity index (χ0v) is 11.3. The maximum atomic E-state index is 11.8. The van der Waals surface area contributed by atoms with E-state index in [-0.39, 0.29) is 12.5 Å². The minimum atomic E-state index is -0.427. The predicted molar refractivity (Wildman–Crippen MR) is 76.9 cm³/mol. The number of nitrogens with one attached hydrogen (secondary N) is 1. The molecule has 0 saturated heterocycles. The zero-order chi connectivity index (χ0) is 14.1. The van der Waals surface area contributed by atoms with Gasteiger partial charge < -0.3 is 10.5 Å². The number of nitrogens with zero attached hydrogens (tertiary/aromatic N) is 1. The number of hydroxylamine groups is 2. The van der Waals surface area contributed by atoms with E-state index in [9.17, 15) is 10.0 Å². The summed E-state index contributed by atoms with van der Waals surface area (Å²) in [5.41, 5.74) is 2.34. The van der Waals surface area contributed by atoms with E-state index < -0.39 is 6.04 Å². The largest absolute Gasteiger partial charge is 0.325 e. The van der Waals surface area contributed by atoms with E-state index in [0.29, 0.717) is 10.7 Å². The number of amides is 1. The van der Waals surface area contributed by atoms with Crippen molar-refractivity contribution in [1.29, 1.82) is 0 Å². The molecule has 0 radical (unpaired) electrons. The fourth-order valence-corrected chi connectivity index (χ4v) is 2.63. The van der Waals surface area contributed by atoms with Gasteiger partial charge in [0.05, 0.1) is 6.04 Å². The van der Waals surface area contributed by atoms with Crippen LogP contribution in [0.1, 0.15) is 17.2 Å². The van der Waals surface area contributed by atoms with Gasteiger partial charge in [0.15, 0.2) is 0 Å². The van der Waals surface area contributed by atoms with Gasteiger partial charge >= 0.3 is 0 Å². The summed E-state index contributed by atoms with van der Waals surface area (Å²) in [6.45, 7) is -0.0914. The standard InChI is InChI=1S/C15H13ClN2O2/c16-11-6-7-13-12(8-11)15(10-4-2-1-3-5-10)18(20)9-14(19)17-13/h1-8,15,20H,9H2,(H,17,19). The van der Waals surface area contributed by atoms with Crippen LogP contribution in [0.4, 0.5) is 5.69 Å². The lowest BCUT2D eigenvalue weighted by molar-refractivity contribution is -0.140. The zero-order valence-electron chi connectivity index (χ0n) is 10.6. The highest BCUT2D eigenvalue weighted by Gasteiger charge is 2.29. The third-order valence-electron chi connectivity index (χ3n) is 3.30. The Balaban J connectivity index is 2.17. The van der Waals surface area contributed by atoms with Gasteiger partial charge in [0.25, 0.3) is 0 Å². The van der Waals surface area contributed by atoms with Crippen molar-refractivity contribution in [3.63, 3.8) is 0 Å². The number of anilines is 1. The molecule has 0 spiro atoms. The Morgan fingerprint density at radius 2 is 1.95 bits per heavy atom. The molecule has 2 aromatic carbocycles. The molecule has 20 heavy (non-hydrogen) atoms.